The lowest BCUT2D eigenvalue weighted by Gasteiger charge is -2.10. The Balaban J connectivity index is 2.01. The molecule has 0 unspecified atom stereocenters. The third-order valence-electron chi connectivity index (χ3n) is 2.99. The van der Waals surface area contributed by atoms with Gasteiger partial charge in [-0.05, 0) is 35.2 Å². The summed E-state index contributed by atoms with van der Waals surface area (Å²) in [6.07, 6.45) is 2.48. The minimum atomic E-state index is 0.375. The first-order valence-corrected chi connectivity index (χ1v) is 6.40. The Morgan fingerprint density at radius 3 is 2.42 bits per heavy atom. The number of benzene rings is 2. The van der Waals surface area contributed by atoms with Gasteiger partial charge in [-0.1, -0.05) is 48.5 Å². The first-order valence-electron chi connectivity index (χ1n) is 6.02. The Bertz CT molecular complexity index is 677. The summed E-state index contributed by atoms with van der Waals surface area (Å²) < 4.78 is 1.79. The standard InChI is InChI=1S/C15H12ClN3/c16-15-18-17-11-19(15)14-9-5-4-8-13(14)10-12-6-2-1-3-7-12/h1-9,11H,10H2. The second-order valence-electron chi connectivity index (χ2n) is 4.26. The van der Waals surface area contributed by atoms with Gasteiger partial charge < -0.3 is 0 Å². The highest BCUT2D eigenvalue weighted by Crippen LogP contribution is 2.20. The van der Waals surface area contributed by atoms with Crippen molar-refractivity contribution in [3.63, 3.8) is 0 Å². The van der Waals surface area contributed by atoms with Crippen LogP contribution in [0.2, 0.25) is 5.28 Å². The molecule has 19 heavy (non-hydrogen) atoms. The number of aromatic nitrogens is 3. The molecule has 0 fully saturated rings. The fourth-order valence-corrected chi connectivity index (χ4v) is 2.27. The van der Waals surface area contributed by atoms with Crippen molar-refractivity contribution in [2.24, 2.45) is 0 Å². The Hall–Kier alpha value is -2.13. The molecule has 1 aromatic heterocycles. The topological polar surface area (TPSA) is 30.7 Å². The SMILES string of the molecule is Clc1nncn1-c1ccccc1Cc1ccccc1. The van der Waals surface area contributed by atoms with E-state index in [4.69, 9.17) is 11.6 Å². The molecule has 0 bridgehead atoms. The van der Waals surface area contributed by atoms with Crippen molar-refractivity contribution in [1.82, 2.24) is 14.8 Å². The van der Waals surface area contributed by atoms with Gasteiger partial charge in [0.05, 0.1) is 5.69 Å². The Morgan fingerprint density at radius 2 is 1.68 bits per heavy atom. The maximum absolute atomic E-state index is 6.04. The van der Waals surface area contributed by atoms with Gasteiger partial charge in [-0.2, -0.15) is 0 Å². The molecule has 3 nitrogen and oxygen atoms in total. The predicted octanol–water partition coefficient (Wildman–Crippen LogP) is 3.51. The molecule has 0 aliphatic heterocycles. The van der Waals surface area contributed by atoms with E-state index in [-0.39, 0.29) is 0 Å². The fourth-order valence-electron chi connectivity index (χ4n) is 2.09. The summed E-state index contributed by atoms with van der Waals surface area (Å²) in [6.45, 7) is 0. The molecule has 3 aromatic rings. The molecule has 0 spiro atoms. The summed E-state index contributed by atoms with van der Waals surface area (Å²) in [7, 11) is 0. The van der Waals surface area contributed by atoms with Crippen LogP contribution in [-0.4, -0.2) is 14.8 Å². The van der Waals surface area contributed by atoms with Crippen molar-refractivity contribution >= 4 is 11.6 Å². The normalized spacial score (nSPS) is 10.6. The van der Waals surface area contributed by atoms with Gasteiger partial charge in [-0.15, -0.1) is 10.2 Å². The molecule has 0 amide bonds. The third-order valence-corrected chi connectivity index (χ3v) is 3.25. The lowest BCUT2D eigenvalue weighted by Crippen LogP contribution is -1.99. The number of halogens is 1. The first kappa shape index (κ1) is 11.9. The van der Waals surface area contributed by atoms with Gasteiger partial charge in [-0.3, -0.25) is 4.57 Å². The number of hydrogen-bond donors (Lipinski definition) is 0. The summed E-state index contributed by atoms with van der Waals surface area (Å²) in [5.41, 5.74) is 3.47. The molecule has 3 rings (SSSR count). The van der Waals surface area contributed by atoms with E-state index in [0.29, 0.717) is 5.28 Å². The van der Waals surface area contributed by atoms with Crippen LogP contribution in [0.4, 0.5) is 0 Å². The maximum Gasteiger partial charge on any atom is 0.229 e. The van der Waals surface area contributed by atoms with Crippen LogP contribution in [0.15, 0.2) is 60.9 Å². The van der Waals surface area contributed by atoms with Crippen LogP contribution >= 0.6 is 11.6 Å². The smallest absolute Gasteiger partial charge is 0.229 e. The molecule has 1 heterocycles. The molecule has 0 saturated carbocycles. The van der Waals surface area contributed by atoms with E-state index in [0.717, 1.165) is 12.1 Å². The summed E-state index contributed by atoms with van der Waals surface area (Å²) in [4.78, 5) is 0. The van der Waals surface area contributed by atoms with Gasteiger partial charge in [0, 0.05) is 0 Å². The highest BCUT2D eigenvalue weighted by atomic mass is 35.5. The van der Waals surface area contributed by atoms with Crippen molar-refractivity contribution < 1.29 is 0 Å². The van der Waals surface area contributed by atoms with Crippen molar-refractivity contribution in [3.8, 4) is 5.69 Å². The third kappa shape index (κ3) is 2.51. The number of rotatable bonds is 3. The first-order chi connectivity index (χ1) is 9.34. The maximum atomic E-state index is 6.04. The zero-order valence-corrected chi connectivity index (χ0v) is 11.0. The fraction of sp³-hybridized carbons (Fsp3) is 0.0667. The molecule has 0 radical (unpaired) electrons. The second kappa shape index (κ2) is 5.24. The van der Waals surface area contributed by atoms with Crippen molar-refractivity contribution in [1.29, 1.82) is 0 Å². The van der Waals surface area contributed by atoms with Crippen molar-refractivity contribution in [2.45, 2.75) is 6.42 Å². The van der Waals surface area contributed by atoms with Crippen LogP contribution < -0.4 is 0 Å². The largest absolute Gasteiger partial charge is 0.272 e. The lowest BCUT2D eigenvalue weighted by atomic mass is 10.0. The minimum Gasteiger partial charge on any atom is -0.272 e. The second-order valence-corrected chi connectivity index (χ2v) is 4.60. The van der Waals surface area contributed by atoms with Crippen LogP contribution in [-0.2, 0) is 6.42 Å². The van der Waals surface area contributed by atoms with Gasteiger partial charge in [-0.25, -0.2) is 0 Å². The molecule has 0 aliphatic rings. The Kier molecular flexibility index (Phi) is 3.29. The summed E-state index contributed by atoms with van der Waals surface area (Å²) in [5, 5.41) is 8.02. The quantitative estimate of drug-likeness (QED) is 0.728. The molecule has 0 atom stereocenters. The summed E-state index contributed by atoms with van der Waals surface area (Å²) in [5.74, 6) is 0. The van der Waals surface area contributed by atoms with Gasteiger partial charge in [0.1, 0.15) is 6.33 Å². The predicted molar refractivity (Wildman–Crippen MR) is 75.6 cm³/mol. The number of nitrogens with zero attached hydrogens (tertiary/aromatic N) is 3. The summed E-state index contributed by atoms with van der Waals surface area (Å²) in [6, 6.07) is 18.5. The van der Waals surface area contributed by atoms with Crippen LogP contribution in [0, 0.1) is 0 Å². The average molecular weight is 270 g/mol. The van der Waals surface area contributed by atoms with Gasteiger partial charge >= 0.3 is 0 Å². The molecule has 2 aromatic carbocycles. The highest BCUT2D eigenvalue weighted by molar-refractivity contribution is 6.28. The van der Waals surface area contributed by atoms with Crippen molar-refractivity contribution in [2.75, 3.05) is 0 Å². The molecule has 0 saturated heterocycles. The van der Waals surface area contributed by atoms with E-state index in [1.165, 1.54) is 11.1 Å². The average Bonchev–Trinajstić information content (AvgIpc) is 2.87. The van der Waals surface area contributed by atoms with E-state index >= 15 is 0 Å². The van der Waals surface area contributed by atoms with Crippen LogP contribution in [0.1, 0.15) is 11.1 Å². The van der Waals surface area contributed by atoms with E-state index < -0.39 is 0 Å². The van der Waals surface area contributed by atoms with E-state index in [2.05, 4.69) is 28.4 Å². The van der Waals surface area contributed by atoms with Crippen LogP contribution in [0.25, 0.3) is 5.69 Å². The molecule has 4 heteroatoms. The molecular formula is C15H12ClN3. The lowest BCUT2D eigenvalue weighted by molar-refractivity contribution is 1.02. The zero-order valence-electron chi connectivity index (χ0n) is 10.2. The zero-order chi connectivity index (χ0) is 13.1. The molecular weight excluding hydrogens is 258 g/mol. The monoisotopic (exact) mass is 269 g/mol. The summed E-state index contributed by atoms with van der Waals surface area (Å²) >= 11 is 6.04. The number of hydrogen-bond acceptors (Lipinski definition) is 2. The Morgan fingerprint density at radius 1 is 0.947 bits per heavy atom. The van der Waals surface area contributed by atoms with Gasteiger partial charge in [0.15, 0.2) is 0 Å². The van der Waals surface area contributed by atoms with Gasteiger partial charge in [0.2, 0.25) is 5.28 Å². The molecule has 0 N–H and O–H groups in total. The molecule has 94 valence electrons. The minimum absolute atomic E-state index is 0.375. The Labute approximate surface area is 116 Å². The highest BCUT2D eigenvalue weighted by Gasteiger charge is 2.08. The van der Waals surface area contributed by atoms with Gasteiger partial charge in [0.25, 0.3) is 0 Å². The van der Waals surface area contributed by atoms with Crippen LogP contribution in [0.3, 0.4) is 0 Å². The van der Waals surface area contributed by atoms with E-state index in [1.807, 2.05) is 36.4 Å². The van der Waals surface area contributed by atoms with E-state index in [1.54, 1.807) is 10.9 Å². The van der Waals surface area contributed by atoms with E-state index in [9.17, 15) is 0 Å². The van der Waals surface area contributed by atoms with Crippen molar-refractivity contribution in [3.05, 3.63) is 77.3 Å². The number of para-hydroxylation sites is 1. The van der Waals surface area contributed by atoms with Crippen LogP contribution in [0.5, 0.6) is 0 Å². The molecule has 0 aliphatic carbocycles.